The fourth-order valence-electron chi connectivity index (χ4n) is 2.69. The van der Waals surface area contributed by atoms with Gasteiger partial charge in [0.2, 0.25) is 0 Å². The van der Waals surface area contributed by atoms with E-state index in [-0.39, 0.29) is 24.3 Å². The Morgan fingerprint density at radius 1 is 1.19 bits per heavy atom. The molecule has 142 valence electrons. The van der Waals surface area contributed by atoms with Crippen molar-refractivity contribution in [1.82, 2.24) is 10.2 Å². The third kappa shape index (κ3) is 5.80. The first-order valence-electron chi connectivity index (χ1n) is 8.48. The summed E-state index contributed by atoms with van der Waals surface area (Å²) >= 11 is 0. The highest BCUT2D eigenvalue weighted by atomic mass is 19.1. The smallest absolute Gasteiger partial charge is 0.309 e. The second-order valence-corrected chi connectivity index (χ2v) is 6.02. The topological polar surface area (TPSA) is 84.9 Å². The van der Waals surface area contributed by atoms with Crippen molar-refractivity contribution in [3.05, 3.63) is 35.6 Å². The molecule has 1 aliphatic rings. The lowest BCUT2D eigenvalue weighted by Crippen LogP contribution is -2.41. The van der Waals surface area contributed by atoms with Crippen molar-refractivity contribution in [2.45, 2.75) is 12.8 Å². The van der Waals surface area contributed by atoms with Crippen LogP contribution in [0.1, 0.15) is 23.2 Å². The molecule has 1 N–H and O–H groups in total. The SMILES string of the molecule is COCCNC(=O)COC(=O)C1CCN(C(=O)c2ccc(F)cc2)CC1. The van der Waals surface area contributed by atoms with E-state index >= 15 is 0 Å². The van der Waals surface area contributed by atoms with Crippen molar-refractivity contribution in [2.24, 2.45) is 5.92 Å². The quantitative estimate of drug-likeness (QED) is 0.574. The fourth-order valence-corrected chi connectivity index (χ4v) is 2.69. The maximum Gasteiger partial charge on any atom is 0.309 e. The summed E-state index contributed by atoms with van der Waals surface area (Å²) in [5, 5.41) is 2.57. The minimum atomic E-state index is -0.430. The summed E-state index contributed by atoms with van der Waals surface area (Å²) in [7, 11) is 1.53. The summed E-state index contributed by atoms with van der Waals surface area (Å²) in [6.45, 7) is 1.25. The molecule has 0 unspecified atom stereocenters. The van der Waals surface area contributed by atoms with Crippen LogP contribution >= 0.6 is 0 Å². The Labute approximate surface area is 151 Å². The van der Waals surface area contributed by atoms with Crippen LogP contribution in [0.4, 0.5) is 4.39 Å². The number of ether oxygens (including phenoxy) is 2. The number of hydrogen-bond acceptors (Lipinski definition) is 5. The zero-order valence-electron chi connectivity index (χ0n) is 14.7. The van der Waals surface area contributed by atoms with Gasteiger partial charge in [0.05, 0.1) is 12.5 Å². The average Bonchev–Trinajstić information content (AvgIpc) is 2.66. The molecule has 26 heavy (non-hydrogen) atoms. The second kappa shape index (κ2) is 9.86. The number of likely N-dealkylation sites (tertiary alicyclic amines) is 1. The maximum atomic E-state index is 12.9. The lowest BCUT2D eigenvalue weighted by atomic mass is 9.96. The van der Waals surface area contributed by atoms with Gasteiger partial charge in [0.1, 0.15) is 5.82 Å². The molecule has 1 fully saturated rings. The first kappa shape index (κ1) is 19.8. The van der Waals surface area contributed by atoms with Gasteiger partial charge in [-0.3, -0.25) is 14.4 Å². The Hall–Kier alpha value is -2.48. The Morgan fingerprint density at radius 2 is 1.85 bits per heavy atom. The Morgan fingerprint density at radius 3 is 2.46 bits per heavy atom. The fraction of sp³-hybridized carbons (Fsp3) is 0.500. The van der Waals surface area contributed by atoms with Crippen molar-refractivity contribution in [3.63, 3.8) is 0 Å². The van der Waals surface area contributed by atoms with Crippen molar-refractivity contribution in [3.8, 4) is 0 Å². The molecule has 0 aromatic heterocycles. The van der Waals surface area contributed by atoms with E-state index in [1.807, 2.05) is 0 Å². The van der Waals surface area contributed by atoms with Crippen LogP contribution < -0.4 is 5.32 Å². The molecule has 2 rings (SSSR count). The third-order valence-corrected chi connectivity index (χ3v) is 4.18. The van der Waals surface area contributed by atoms with Crippen LogP contribution in [-0.4, -0.2) is 62.6 Å². The Balaban J connectivity index is 1.73. The first-order chi connectivity index (χ1) is 12.5. The highest BCUT2D eigenvalue weighted by Gasteiger charge is 2.29. The molecule has 1 aromatic carbocycles. The number of carbonyl (C=O) groups is 3. The third-order valence-electron chi connectivity index (χ3n) is 4.18. The Kier molecular flexibility index (Phi) is 7.53. The van der Waals surface area contributed by atoms with E-state index in [4.69, 9.17) is 9.47 Å². The van der Waals surface area contributed by atoms with Gasteiger partial charge in [-0.2, -0.15) is 0 Å². The van der Waals surface area contributed by atoms with E-state index in [0.29, 0.717) is 44.6 Å². The number of methoxy groups -OCH3 is 1. The van der Waals surface area contributed by atoms with Crippen LogP contribution in [0.25, 0.3) is 0 Å². The number of piperidine rings is 1. The molecule has 0 aliphatic carbocycles. The van der Waals surface area contributed by atoms with Crippen LogP contribution in [0.15, 0.2) is 24.3 Å². The lowest BCUT2D eigenvalue weighted by molar-refractivity contribution is -0.153. The van der Waals surface area contributed by atoms with Gasteiger partial charge in [-0.05, 0) is 37.1 Å². The minimum Gasteiger partial charge on any atom is -0.455 e. The molecular formula is C18H23FN2O5. The van der Waals surface area contributed by atoms with E-state index < -0.39 is 11.8 Å². The van der Waals surface area contributed by atoms with Gasteiger partial charge in [-0.1, -0.05) is 0 Å². The summed E-state index contributed by atoms with van der Waals surface area (Å²) in [6.07, 6.45) is 0.939. The van der Waals surface area contributed by atoms with Gasteiger partial charge in [0, 0.05) is 32.3 Å². The van der Waals surface area contributed by atoms with Gasteiger partial charge in [-0.15, -0.1) is 0 Å². The summed E-state index contributed by atoms with van der Waals surface area (Å²) in [5.74, 6) is -1.72. The molecule has 1 saturated heterocycles. The van der Waals surface area contributed by atoms with Crippen LogP contribution in [0.5, 0.6) is 0 Å². The highest BCUT2D eigenvalue weighted by Crippen LogP contribution is 2.20. The molecule has 1 heterocycles. The molecule has 0 bridgehead atoms. The average molecular weight is 366 g/mol. The molecule has 0 radical (unpaired) electrons. The second-order valence-electron chi connectivity index (χ2n) is 6.02. The van der Waals surface area contributed by atoms with Crippen LogP contribution in [0.2, 0.25) is 0 Å². The van der Waals surface area contributed by atoms with E-state index in [1.54, 1.807) is 4.90 Å². The largest absolute Gasteiger partial charge is 0.455 e. The molecular weight excluding hydrogens is 343 g/mol. The van der Waals surface area contributed by atoms with Crippen molar-refractivity contribution in [1.29, 1.82) is 0 Å². The zero-order valence-corrected chi connectivity index (χ0v) is 14.7. The van der Waals surface area contributed by atoms with Gasteiger partial charge in [0.25, 0.3) is 11.8 Å². The molecule has 2 amide bonds. The van der Waals surface area contributed by atoms with E-state index in [1.165, 1.54) is 31.4 Å². The van der Waals surface area contributed by atoms with E-state index in [9.17, 15) is 18.8 Å². The number of esters is 1. The monoisotopic (exact) mass is 366 g/mol. The van der Waals surface area contributed by atoms with Gasteiger partial charge in [-0.25, -0.2) is 4.39 Å². The number of nitrogens with zero attached hydrogens (tertiary/aromatic N) is 1. The number of halogens is 1. The normalized spacial score (nSPS) is 14.8. The van der Waals surface area contributed by atoms with Crippen LogP contribution in [0, 0.1) is 11.7 Å². The molecule has 0 saturated carbocycles. The van der Waals surface area contributed by atoms with Crippen molar-refractivity contribution < 1.29 is 28.2 Å². The summed E-state index contributed by atoms with van der Waals surface area (Å²) in [4.78, 5) is 37.5. The lowest BCUT2D eigenvalue weighted by Gasteiger charge is -2.31. The minimum absolute atomic E-state index is 0.186. The predicted molar refractivity (Wildman–Crippen MR) is 90.9 cm³/mol. The van der Waals surface area contributed by atoms with E-state index in [2.05, 4.69) is 5.32 Å². The summed E-state index contributed by atoms with van der Waals surface area (Å²) < 4.78 is 22.8. The number of benzene rings is 1. The van der Waals surface area contributed by atoms with Gasteiger partial charge in [0.15, 0.2) is 6.61 Å². The summed E-state index contributed by atoms with van der Waals surface area (Å²) in [6, 6.07) is 5.38. The number of nitrogens with one attached hydrogen (secondary N) is 1. The standard InChI is InChI=1S/C18H23FN2O5/c1-25-11-8-20-16(22)12-26-18(24)14-6-9-21(10-7-14)17(23)13-2-4-15(19)5-3-13/h2-5,14H,6-12H2,1H3,(H,20,22). The number of rotatable bonds is 7. The number of amides is 2. The molecule has 7 nitrogen and oxygen atoms in total. The molecule has 8 heteroatoms. The van der Waals surface area contributed by atoms with Gasteiger partial charge < -0.3 is 19.7 Å². The van der Waals surface area contributed by atoms with Gasteiger partial charge >= 0.3 is 5.97 Å². The van der Waals surface area contributed by atoms with E-state index in [0.717, 1.165) is 0 Å². The van der Waals surface area contributed by atoms with Crippen LogP contribution in [-0.2, 0) is 19.1 Å². The predicted octanol–water partition coefficient (Wildman–Crippen LogP) is 0.984. The maximum absolute atomic E-state index is 12.9. The Bertz CT molecular complexity index is 627. The zero-order chi connectivity index (χ0) is 18.9. The molecule has 0 spiro atoms. The molecule has 0 atom stereocenters. The highest BCUT2D eigenvalue weighted by molar-refractivity contribution is 5.94. The molecule has 1 aromatic rings. The number of carbonyl (C=O) groups excluding carboxylic acids is 3. The van der Waals surface area contributed by atoms with Crippen LogP contribution in [0.3, 0.4) is 0 Å². The first-order valence-corrected chi connectivity index (χ1v) is 8.48. The number of hydrogen-bond donors (Lipinski definition) is 1. The van der Waals surface area contributed by atoms with Crippen molar-refractivity contribution >= 4 is 17.8 Å². The molecule has 1 aliphatic heterocycles. The summed E-state index contributed by atoms with van der Waals surface area (Å²) in [5.41, 5.74) is 0.417. The van der Waals surface area contributed by atoms with Crippen molar-refractivity contribution in [2.75, 3.05) is 40.0 Å².